The van der Waals surface area contributed by atoms with Crippen molar-refractivity contribution in [3.8, 4) is 5.75 Å². The predicted octanol–water partition coefficient (Wildman–Crippen LogP) is 3.03. The highest BCUT2D eigenvalue weighted by Crippen LogP contribution is 2.41. The van der Waals surface area contributed by atoms with Gasteiger partial charge in [0.15, 0.2) is 0 Å². The topological polar surface area (TPSA) is 56.2 Å². The molecule has 2 N–H and O–H groups in total. The molecular formula is C25H34N2O3. The molecule has 2 aromatic carbocycles. The molecule has 0 radical (unpaired) electrons. The number of likely N-dealkylation sites (tertiary alicyclic amines) is 2. The van der Waals surface area contributed by atoms with E-state index in [0.29, 0.717) is 6.54 Å². The van der Waals surface area contributed by atoms with Crippen molar-refractivity contribution in [2.45, 2.75) is 37.5 Å². The molecule has 5 nitrogen and oxygen atoms in total. The maximum atomic E-state index is 12.0. The molecule has 3 atom stereocenters. The Hall–Kier alpha value is -1.92. The van der Waals surface area contributed by atoms with E-state index in [1.54, 1.807) is 7.11 Å². The van der Waals surface area contributed by atoms with E-state index in [2.05, 4.69) is 41.0 Å². The number of benzene rings is 2. The Kier molecular flexibility index (Phi) is 6.44. The Labute approximate surface area is 179 Å². The molecule has 0 amide bonds. The quantitative estimate of drug-likeness (QED) is 0.767. The van der Waals surface area contributed by atoms with Crippen LogP contribution < -0.4 is 4.74 Å². The summed E-state index contributed by atoms with van der Waals surface area (Å²) < 4.78 is 5.32. The van der Waals surface area contributed by atoms with Gasteiger partial charge >= 0.3 is 0 Å². The van der Waals surface area contributed by atoms with Crippen LogP contribution in [-0.2, 0) is 5.60 Å². The van der Waals surface area contributed by atoms with Gasteiger partial charge in [-0.1, -0.05) is 42.5 Å². The molecule has 0 spiro atoms. The van der Waals surface area contributed by atoms with E-state index < -0.39 is 5.60 Å². The normalized spacial score (nSPS) is 27.3. The minimum atomic E-state index is -0.911. The van der Waals surface area contributed by atoms with Gasteiger partial charge in [0.25, 0.3) is 0 Å². The first-order valence-corrected chi connectivity index (χ1v) is 11.1. The monoisotopic (exact) mass is 410 g/mol. The molecule has 30 heavy (non-hydrogen) atoms. The van der Waals surface area contributed by atoms with Gasteiger partial charge in [-0.3, -0.25) is 4.90 Å². The van der Waals surface area contributed by atoms with Crippen LogP contribution in [0.3, 0.4) is 0 Å². The first-order chi connectivity index (χ1) is 14.5. The zero-order valence-electron chi connectivity index (χ0n) is 18.1. The molecule has 2 saturated heterocycles. The van der Waals surface area contributed by atoms with Gasteiger partial charge < -0.3 is 19.8 Å². The molecule has 5 heteroatoms. The third kappa shape index (κ3) is 4.40. The Bertz CT molecular complexity index is 805. The number of methoxy groups -OCH3 is 1. The summed E-state index contributed by atoms with van der Waals surface area (Å²) in [4.78, 5) is 4.81. The maximum absolute atomic E-state index is 12.0. The fourth-order valence-corrected chi connectivity index (χ4v) is 5.00. The van der Waals surface area contributed by atoms with E-state index in [4.69, 9.17) is 4.74 Å². The average Bonchev–Trinajstić information content (AvgIpc) is 3.12. The van der Waals surface area contributed by atoms with Crippen molar-refractivity contribution in [1.82, 2.24) is 9.80 Å². The lowest BCUT2D eigenvalue weighted by atomic mass is 9.83. The fraction of sp³-hybridized carbons (Fsp3) is 0.520. The van der Waals surface area contributed by atoms with Crippen molar-refractivity contribution in [3.63, 3.8) is 0 Å². The molecule has 2 fully saturated rings. The van der Waals surface area contributed by atoms with Gasteiger partial charge in [0.1, 0.15) is 11.4 Å². The zero-order valence-corrected chi connectivity index (χ0v) is 18.1. The van der Waals surface area contributed by atoms with Crippen LogP contribution in [0.15, 0.2) is 54.6 Å². The van der Waals surface area contributed by atoms with Crippen LogP contribution in [0.4, 0.5) is 0 Å². The van der Waals surface area contributed by atoms with Crippen LogP contribution >= 0.6 is 0 Å². The number of aliphatic hydroxyl groups excluding tert-OH is 1. The van der Waals surface area contributed by atoms with E-state index in [1.807, 2.05) is 30.3 Å². The lowest BCUT2D eigenvalue weighted by Crippen LogP contribution is -2.45. The van der Waals surface area contributed by atoms with Crippen molar-refractivity contribution in [2.75, 3.05) is 39.8 Å². The minimum absolute atomic E-state index is 0.104. The van der Waals surface area contributed by atoms with Crippen molar-refractivity contribution >= 4 is 0 Å². The van der Waals surface area contributed by atoms with E-state index in [0.717, 1.165) is 50.3 Å². The van der Waals surface area contributed by atoms with Gasteiger partial charge in [-0.15, -0.1) is 0 Å². The fourth-order valence-electron chi connectivity index (χ4n) is 5.00. The molecule has 0 aromatic heterocycles. The Balaban J connectivity index is 1.58. The van der Waals surface area contributed by atoms with Crippen LogP contribution in [0.2, 0.25) is 0 Å². The summed E-state index contributed by atoms with van der Waals surface area (Å²) in [6.07, 6.45) is 1.45. The number of β-amino-alcohol motifs (C(OH)–C–C–N with tert-alkyl or cyclic N) is 1. The standard InChI is InChI=1S/C25H34N2O3/c1-19(20-6-4-3-5-7-20)27-17-22(16-26-14-12-23(28)13-15-26)25(29,18-27)21-8-10-24(30-2)11-9-21/h3-11,19,22-23,28-29H,12-18H2,1-2H3/t19-,22+,25+/m1/s1. The number of piperidine rings is 1. The van der Waals surface area contributed by atoms with Crippen molar-refractivity contribution in [1.29, 1.82) is 0 Å². The largest absolute Gasteiger partial charge is 0.497 e. The van der Waals surface area contributed by atoms with Gasteiger partial charge in [-0.05, 0) is 43.0 Å². The molecule has 162 valence electrons. The highest BCUT2D eigenvalue weighted by molar-refractivity contribution is 5.33. The summed E-state index contributed by atoms with van der Waals surface area (Å²) in [6, 6.07) is 18.6. The van der Waals surface area contributed by atoms with Crippen LogP contribution in [0.5, 0.6) is 5.75 Å². The number of aliphatic hydroxyl groups is 2. The summed E-state index contributed by atoms with van der Waals surface area (Å²) in [5.74, 6) is 0.906. The van der Waals surface area contributed by atoms with Gasteiger partial charge in [0.05, 0.1) is 13.2 Å². The average molecular weight is 411 g/mol. The minimum Gasteiger partial charge on any atom is -0.497 e. The Morgan fingerprint density at radius 2 is 1.73 bits per heavy atom. The zero-order chi connectivity index (χ0) is 21.1. The predicted molar refractivity (Wildman–Crippen MR) is 118 cm³/mol. The van der Waals surface area contributed by atoms with E-state index >= 15 is 0 Å². The highest BCUT2D eigenvalue weighted by Gasteiger charge is 2.48. The number of hydrogen-bond donors (Lipinski definition) is 2. The van der Waals surface area contributed by atoms with Crippen LogP contribution in [0, 0.1) is 5.92 Å². The van der Waals surface area contributed by atoms with Crippen molar-refractivity contribution in [2.24, 2.45) is 5.92 Å². The molecule has 0 saturated carbocycles. The summed E-state index contributed by atoms with van der Waals surface area (Å²) >= 11 is 0. The number of rotatable bonds is 6. The molecule has 2 aliphatic heterocycles. The lowest BCUT2D eigenvalue weighted by Gasteiger charge is -2.36. The second-order valence-electron chi connectivity index (χ2n) is 8.90. The smallest absolute Gasteiger partial charge is 0.118 e. The number of nitrogens with zero attached hydrogens (tertiary/aromatic N) is 2. The Morgan fingerprint density at radius 3 is 2.37 bits per heavy atom. The van der Waals surface area contributed by atoms with Crippen LogP contribution in [0.25, 0.3) is 0 Å². The second-order valence-corrected chi connectivity index (χ2v) is 8.90. The highest BCUT2D eigenvalue weighted by atomic mass is 16.5. The second kappa shape index (κ2) is 9.06. The first kappa shape index (κ1) is 21.3. The van der Waals surface area contributed by atoms with Crippen molar-refractivity contribution in [3.05, 3.63) is 65.7 Å². The van der Waals surface area contributed by atoms with Gasteiger partial charge in [-0.25, -0.2) is 0 Å². The first-order valence-electron chi connectivity index (χ1n) is 11.1. The summed E-state index contributed by atoms with van der Waals surface area (Å²) in [6.45, 7) is 6.31. The SMILES string of the molecule is COc1ccc([C@@]2(O)CN([C@H](C)c3ccccc3)C[C@@H]2CN2CCC(O)CC2)cc1. The molecule has 2 aromatic rings. The van der Waals surface area contributed by atoms with Gasteiger partial charge in [-0.2, -0.15) is 0 Å². The van der Waals surface area contributed by atoms with Gasteiger partial charge in [0.2, 0.25) is 0 Å². The van der Waals surface area contributed by atoms with E-state index in [9.17, 15) is 10.2 Å². The van der Waals surface area contributed by atoms with E-state index in [1.165, 1.54) is 5.56 Å². The summed E-state index contributed by atoms with van der Waals surface area (Å²) in [5.41, 5.74) is 1.31. The molecular weight excluding hydrogens is 376 g/mol. The summed E-state index contributed by atoms with van der Waals surface area (Å²) in [5, 5.41) is 21.8. The summed E-state index contributed by atoms with van der Waals surface area (Å²) in [7, 11) is 1.66. The van der Waals surface area contributed by atoms with Crippen molar-refractivity contribution < 1.29 is 14.9 Å². The third-order valence-electron chi connectivity index (χ3n) is 7.03. The molecule has 4 rings (SSSR count). The third-order valence-corrected chi connectivity index (χ3v) is 7.03. The maximum Gasteiger partial charge on any atom is 0.118 e. The molecule has 2 heterocycles. The molecule has 0 unspecified atom stereocenters. The molecule has 2 aliphatic rings. The van der Waals surface area contributed by atoms with E-state index in [-0.39, 0.29) is 18.1 Å². The van der Waals surface area contributed by atoms with Crippen LogP contribution in [0.1, 0.15) is 36.9 Å². The number of hydrogen-bond acceptors (Lipinski definition) is 5. The Morgan fingerprint density at radius 1 is 1.07 bits per heavy atom. The van der Waals surface area contributed by atoms with Gasteiger partial charge in [0, 0.05) is 44.7 Å². The number of ether oxygens (including phenoxy) is 1. The van der Waals surface area contributed by atoms with Crippen LogP contribution in [-0.4, -0.2) is 66.0 Å². The molecule has 0 aliphatic carbocycles. The molecule has 0 bridgehead atoms. The lowest BCUT2D eigenvalue weighted by molar-refractivity contribution is -0.0139.